The molecule has 1 saturated heterocycles. The van der Waals surface area contributed by atoms with Crippen LogP contribution in [0.15, 0.2) is 18.2 Å². The molecule has 1 unspecified atom stereocenters. The Bertz CT molecular complexity index is 451. The fraction of sp³-hybridized carbons (Fsp3) is 0.333. The van der Waals surface area contributed by atoms with E-state index in [1.54, 1.807) is 18.2 Å². The van der Waals surface area contributed by atoms with Crippen molar-refractivity contribution in [2.24, 2.45) is 0 Å². The van der Waals surface area contributed by atoms with Gasteiger partial charge in [-0.2, -0.15) is 5.26 Å². The first kappa shape index (κ1) is 10.7. The minimum atomic E-state index is -0.322. The Balaban J connectivity index is 2.34. The van der Waals surface area contributed by atoms with Gasteiger partial charge in [-0.15, -0.1) is 0 Å². The summed E-state index contributed by atoms with van der Waals surface area (Å²) < 4.78 is 0. The second-order valence-corrected chi connectivity index (χ2v) is 3.89. The van der Waals surface area contributed by atoms with Crippen molar-refractivity contribution in [1.82, 2.24) is 0 Å². The maximum atomic E-state index is 10.6. The van der Waals surface area contributed by atoms with Gasteiger partial charge in [-0.3, -0.25) is 4.79 Å². The molecule has 2 rings (SSSR count). The zero-order valence-corrected chi connectivity index (χ0v) is 8.76. The van der Waals surface area contributed by atoms with Crippen molar-refractivity contribution in [3.63, 3.8) is 0 Å². The van der Waals surface area contributed by atoms with Crippen molar-refractivity contribution < 1.29 is 9.90 Å². The van der Waals surface area contributed by atoms with E-state index in [2.05, 4.69) is 6.07 Å². The lowest BCUT2D eigenvalue weighted by molar-refractivity contribution is 0.112. The molecular weight excluding hydrogens is 204 g/mol. The third-order valence-electron chi connectivity index (χ3n) is 2.78. The number of rotatable bonds is 2. The Labute approximate surface area is 93.7 Å². The average molecular weight is 216 g/mol. The normalized spacial score (nSPS) is 19.5. The molecule has 0 aromatic heterocycles. The highest BCUT2D eigenvalue weighted by Gasteiger charge is 2.22. The molecule has 1 heterocycles. The van der Waals surface area contributed by atoms with Crippen molar-refractivity contribution in [3.05, 3.63) is 29.3 Å². The molecule has 1 fully saturated rings. The first-order chi connectivity index (χ1) is 7.74. The summed E-state index contributed by atoms with van der Waals surface area (Å²) in [4.78, 5) is 12.6. The highest BCUT2D eigenvalue weighted by atomic mass is 16.3. The van der Waals surface area contributed by atoms with Crippen LogP contribution in [0.25, 0.3) is 0 Å². The predicted octanol–water partition coefficient (Wildman–Crippen LogP) is 0.942. The van der Waals surface area contributed by atoms with Crippen LogP contribution in [0.1, 0.15) is 22.3 Å². The maximum Gasteiger partial charge on any atom is 0.150 e. The van der Waals surface area contributed by atoms with Gasteiger partial charge < -0.3 is 10.0 Å². The van der Waals surface area contributed by atoms with Crippen LogP contribution in [0.2, 0.25) is 0 Å². The highest BCUT2D eigenvalue weighted by Crippen LogP contribution is 2.24. The molecule has 1 aromatic rings. The molecule has 82 valence electrons. The second kappa shape index (κ2) is 4.33. The van der Waals surface area contributed by atoms with Gasteiger partial charge in [0.15, 0.2) is 0 Å². The minimum absolute atomic E-state index is 0.322. The molecule has 1 atom stereocenters. The van der Waals surface area contributed by atoms with Gasteiger partial charge in [0.05, 0.1) is 17.4 Å². The Morgan fingerprint density at radius 1 is 1.56 bits per heavy atom. The molecule has 0 aliphatic carbocycles. The van der Waals surface area contributed by atoms with Crippen molar-refractivity contribution >= 4 is 12.0 Å². The molecule has 16 heavy (non-hydrogen) atoms. The fourth-order valence-electron chi connectivity index (χ4n) is 1.95. The van der Waals surface area contributed by atoms with Crippen LogP contribution in [0.3, 0.4) is 0 Å². The van der Waals surface area contributed by atoms with Gasteiger partial charge in [0.2, 0.25) is 0 Å². The zero-order chi connectivity index (χ0) is 11.5. The van der Waals surface area contributed by atoms with Crippen molar-refractivity contribution in [2.45, 2.75) is 12.5 Å². The number of benzene rings is 1. The molecule has 1 aliphatic heterocycles. The summed E-state index contributed by atoms with van der Waals surface area (Å²) in [6, 6.07) is 7.11. The van der Waals surface area contributed by atoms with Crippen LogP contribution >= 0.6 is 0 Å². The number of hydrogen-bond donors (Lipinski definition) is 1. The summed E-state index contributed by atoms with van der Waals surface area (Å²) in [5.41, 5.74) is 1.78. The summed E-state index contributed by atoms with van der Waals surface area (Å²) in [6.45, 7) is 1.30. The van der Waals surface area contributed by atoms with E-state index in [1.165, 1.54) is 0 Å². The van der Waals surface area contributed by atoms with Crippen molar-refractivity contribution in [3.8, 4) is 6.07 Å². The lowest BCUT2D eigenvalue weighted by Crippen LogP contribution is -2.22. The van der Waals surface area contributed by atoms with Gasteiger partial charge in [-0.25, -0.2) is 0 Å². The largest absolute Gasteiger partial charge is 0.391 e. The smallest absolute Gasteiger partial charge is 0.150 e. The maximum absolute atomic E-state index is 10.6. The number of anilines is 1. The van der Waals surface area contributed by atoms with Gasteiger partial charge >= 0.3 is 0 Å². The molecule has 0 amide bonds. The molecule has 1 aliphatic rings. The van der Waals surface area contributed by atoms with E-state index in [0.29, 0.717) is 17.7 Å². The fourth-order valence-corrected chi connectivity index (χ4v) is 1.95. The molecule has 1 N–H and O–H groups in total. The Morgan fingerprint density at radius 2 is 2.38 bits per heavy atom. The number of aliphatic hydroxyl groups excluding tert-OH is 1. The summed E-state index contributed by atoms with van der Waals surface area (Å²) >= 11 is 0. The molecule has 4 nitrogen and oxygen atoms in total. The lowest BCUT2D eigenvalue weighted by atomic mass is 10.1. The monoisotopic (exact) mass is 216 g/mol. The third-order valence-corrected chi connectivity index (χ3v) is 2.78. The second-order valence-electron chi connectivity index (χ2n) is 3.89. The first-order valence-corrected chi connectivity index (χ1v) is 5.17. The van der Waals surface area contributed by atoms with Gasteiger partial charge in [0.25, 0.3) is 0 Å². The molecule has 0 spiro atoms. The number of nitrogens with zero attached hydrogens (tertiary/aromatic N) is 2. The van der Waals surface area contributed by atoms with Crippen LogP contribution in [-0.4, -0.2) is 30.6 Å². The van der Waals surface area contributed by atoms with Crippen molar-refractivity contribution in [2.75, 3.05) is 18.0 Å². The summed E-state index contributed by atoms with van der Waals surface area (Å²) in [6.07, 6.45) is 1.13. The van der Waals surface area contributed by atoms with E-state index in [1.807, 2.05) is 4.90 Å². The van der Waals surface area contributed by atoms with E-state index < -0.39 is 0 Å². The third kappa shape index (κ3) is 1.90. The first-order valence-electron chi connectivity index (χ1n) is 5.17. The number of β-amino-alcohol motifs (C(OH)–C–C–N with tert-alkyl or cyclic N) is 1. The molecular formula is C12H12N2O2. The van der Waals surface area contributed by atoms with Crippen LogP contribution in [0, 0.1) is 11.3 Å². The molecule has 0 radical (unpaired) electrons. The summed E-state index contributed by atoms with van der Waals surface area (Å²) in [5.74, 6) is 0. The number of aldehydes is 1. The number of aliphatic hydroxyl groups is 1. The van der Waals surface area contributed by atoms with E-state index in [0.717, 1.165) is 24.9 Å². The predicted molar refractivity (Wildman–Crippen MR) is 59.4 cm³/mol. The summed E-state index contributed by atoms with van der Waals surface area (Å²) in [5, 5.41) is 18.5. The van der Waals surface area contributed by atoms with E-state index in [-0.39, 0.29) is 6.10 Å². The van der Waals surface area contributed by atoms with Crippen molar-refractivity contribution in [1.29, 1.82) is 5.26 Å². The van der Waals surface area contributed by atoms with Gasteiger partial charge in [0.1, 0.15) is 12.4 Å². The van der Waals surface area contributed by atoms with Gasteiger partial charge in [-0.05, 0) is 24.6 Å². The topological polar surface area (TPSA) is 64.3 Å². The van der Waals surface area contributed by atoms with Crippen LogP contribution in [-0.2, 0) is 0 Å². The zero-order valence-electron chi connectivity index (χ0n) is 8.76. The Hall–Kier alpha value is -1.86. The van der Waals surface area contributed by atoms with Gasteiger partial charge in [0, 0.05) is 18.7 Å². The highest BCUT2D eigenvalue weighted by molar-refractivity contribution is 5.78. The van der Waals surface area contributed by atoms with Gasteiger partial charge in [-0.1, -0.05) is 0 Å². The van der Waals surface area contributed by atoms with Crippen LogP contribution in [0.5, 0.6) is 0 Å². The average Bonchev–Trinajstić information content (AvgIpc) is 2.74. The van der Waals surface area contributed by atoms with E-state index in [4.69, 9.17) is 5.26 Å². The Morgan fingerprint density at radius 3 is 2.94 bits per heavy atom. The number of hydrogen-bond acceptors (Lipinski definition) is 4. The quantitative estimate of drug-likeness (QED) is 0.747. The number of carbonyl (C=O) groups excluding carboxylic acids is 1. The molecule has 1 aromatic carbocycles. The van der Waals surface area contributed by atoms with Crippen LogP contribution < -0.4 is 4.90 Å². The molecule has 4 heteroatoms. The SMILES string of the molecule is N#Cc1cc(C=O)ccc1N1CCC(O)C1. The number of carbonyl (C=O) groups is 1. The number of nitriles is 1. The Kier molecular flexibility index (Phi) is 2.88. The summed E-state index contributed by atoms with van der Waals surface area (Å²) in [7, 11) is 0. The molecule has 0 bridgehead atoms. The standard InChI is InChI=1S/C12H12N2O2/c13-6-10-5-9(8-15)1-2-12(10)14-4-3-11(16)7-14/h1-2,5,8,11,16H,3-4,7H2. The minimum Gasteiger partial charge on any atom is -0.391 e. The van der Waals surface area contributed by atoms with E-state index >= 15 is 0 Å². The van der Waals surface area contributed by atoms with Crippen LogP contribution in [0.4, 0.5) is 5.69 Å². The lowest BCUT2D eigenvalue weighted by Gasteiger charge is -2.19. The molecule has 0 saturated carbocycles. The van der Waals surface area contributed by atoms with E-state index in [9.17, 15) is 9.90 Å².